The van der Waals surface area contributed by atoms with Crippen LogP contribution in [0.4, 0.5) is 0 Å². The van der Waals surface area contributed by atoms with E-state index < -0.39 is 0 Å². The summed E-state index contributed by atoms with van der Waals surface area (Å²) in [5.41, 5.74) is 2.25. The average Bonchev–Trinajstić information content (AvgIpc) is 2.95. The topological polar surface area (TPSA) is 59.8 Å². The minimum Gasteiger partial charge on any atom is -0.356 e. The predicted octanol–water partition coefficient (Wildman–Crippen LogP) is 3.26. The van der Waals surface area contributed by atoms with Crippen LogP contribution < -0.4 is 5.32 Å². The molecule has 1 amide bonds. The molecule has 0 aliphatic rings. The molecule has 0 aliphatic carbocycles. The van der Waals surface area contributed by atoms with Crippen molar-refractivity contribution in [3.63, 3.8) is 0 Å². The summed E-state index contributed by atoms with van der Waals surface area (Å²) in [6.07, 6.45) is 4.14. The fourth-order valence-electron chi connectivity index (χ4n) is 2.63. The molecule has 0 saturated carbocycles. The lowest BCUT2D eigenvalue weighted by atomic mass is 10.1. The number of hydrogen-bond acceptors (Lipinski definition) is 4. The maximum absolute atomic E-state index is 12.0. The van der Waals surface area contributed by atoms with Crippen molar-refractivity contribution in [3.8, 4) is 0 Å². The first-order chi connectivity index (χ1) is 12.0. The molecule has 0 bridgehead atoms. The molecule has 0 atom stereocenters. The van der Waals surface area contributed by atoms with Gasteiger partial charge in [-0.2, -0.15) is 0 Å². The molecule has 136 valence electrons. The van der Waals surface area contributed by atoms with Crippen molar-refractivity contribution in [2.45, 2.75) is 51.7 Å². The van der Waals surface area contributed by atoms with Crippen LogP contribution in [0.5, 0.6) is 0 Å². The van der Waals surface area contributed by atoms with E-state index in [1.807, 2.05) is 37.4 Å². The van der Waals surface area contributed by atoms with Gasteiger partial charge in [-0.25, -0.2) is 0 Å². The zero-order valence-corrected chi connectivity index (χ0v) is 16.4. The summed E-state index contributed by atoms with van der Waals surface area (Å²) in [7, 11) is 0. The van der Waals surface area contributed by atoms with Gasteiger partial charge in [0.1, 0.15) is 5.82 Å². The van der Waals surface area contributed by atoms with Gasteiger partial charge in [-0.3, -0.25) is 4.79 Å². The van der Waals surface area contributed by atoms with Crippen LogP contribution in [0.25, 0.3) is 0 Å². The van der Waals surface area contributed by atoms with E-state index in [9.17, 15) is 4.79 Å². The van der Waals surface area contributed by atoms with Gasteiger partial charge < -0.3 is 9.88 Å². The number of aromatic nitrogens is 3. The lowest BCUT2D eigenvalue weighted by Crippen LogP contribution is -2.26. The van der Waals surface area contributed by atoms with Crippen LogP contribution in [0.15, 0.2) is 29.4 Å². The number of carbonyl (C=O) groups excluding carboxylic acids is 1. The minimum absolute atomic E-state index is 0.0669. The molecule has 0 unspecified atom stereocenters. The van der Waals surface area contributed by atoms with Crippen molar-refractivity contribution < 1.29 is 4.79 Å². The van der Waals surface area contributed by atoms with Crippen LogP contribution in [-0.2, 0) is 24.2 Å². The van der Waals surface area contributed by atoms with Crippen LogP contribution >= 0.6 is 11.8 Å². The zero-order chi connectivity index (χ0) is 18.2. The highest BCUT2D eigenvalue weighted by molar-refractivity contribution is 7.98. The lowest BCUT2D eigenvalue weighted by Gasteiger charge is -2.11. The summed E-state index contributed by atoms with van der Waals surface area (Å²) < 4.78 is 2.20. The molecule has 0 aliphatic heterocycles. The Morgan fingerprint density at radius 3 is 2.60 bits per heavy atom. The number of aryl methyl sites for hydroxylation is 2. The van der Waals surface area contributed by atoms with Gasteiger partial charge in [-0.1, -0.05) is 55.4 Å². The van der Waals surface area contributed by atoms with E-state index in [1.54, 1.807) is 11.8 Å². The molecule has 2 aromatic rings. The molecular formula is C19H28N4OS. The Bertz CT molecular complexity index is 679. The number of amides is 1. The largest absolute Gasteiger partial charge is 0.356 e. The Morgan fingerprint density at radius 2 is 1.96 bits per heavy atom. The second kappa shape index (κ2) is 9.61. The van der Waals surface area contributed by atoms with Crippen molar-refractivity contribution in [3.05, 3.63) is 41.2 Å². The second-order valence-electron chi connectivity index (χ2n) is 6.72. The maximum Gasteiger partial charge on any atom is 0.224 e. The second-order valence-corrected chi connectivity index (χ2v) is 7.50. The number of hydrogen-bond donors (Lipinski definition) is 1. The van der Waals surface area contributed by atoms with E-state index in [4.69, 9.17) is 0 Å². The zero-order valence-electron chi connectivity index (χ0n) is 15.6. The third-order valence-electron chi connectivity index (χ3n) is 3.91. The average molecular weight is 361 g/mol. The fourth-order valence-corrected chi connectivity index (χ4v) is 3.15. The van der Waals surface area contributed by atoms with Gasteiger partial charge >= 0.3 is 0 Å². The first-order valence-electron chi connectivity index (χ1n) is 8.78. The molecule has 1 N–H and O–H groups in total. The van der Waals surface area contributed by atoms with Gasteiger partial charge in [-0.15, -0.1) is 10.2 Å². The van der Waals surface area contributed by atoms with Crippen LogP contribution in [0.2, 0.25) is 0 Å². The number of benzene rings is 1. The number of carbonyl (C=O) groups is 1. The van der Waals surface area contributed by atoms with Crippen molar-refractivity contribution in [1.82, 2.24) is 20.1 Å². The van der Waals surface area contributed by atoms with Gasteiger partial charge in [0, 0.05) is 19.5 Å². The molecule has 25 heavy (non-hydrogen) atoms. The number of nitrogens with zero attached hydrogens (tertiary/aromatic N) is 3. The smallest absolute Gasteiger partial charge is 0.224 e. The highest BCUT2D eigenvalue weighted by Gasteiger charge is 2.12. The standard InChI is InChI=1S/C19H28N4OS/c1-14(2)13-23-17(21-22-19(23)25-4)6-5-11-20-18(24)12-16-9-7-15(3)8-10-16/h7-10,14H,5-6,11-13H2,1-4H3,(H,20,24). The highest BCUT2D eigenvalue weighted by atomic mass is 32.2. The predicted molar refractivity (Wildman–Crippen MR) is 103 cm³/mol. The molecule has 0 fully saturated rings. The normalized spacial score (nSPS) is 11.1. The molecule has 0 saturated heterocycles. The lowest BCUT2D eigenvalue weighted by molar-refractivity contribution is -0.120. The van der Waals surface area contributed by atoms with Crippen molar-refractivity contribution >= 4 is 17.7 Å². The van der Waals surface area contributed by atoms with E-state index >= 15 is 0 Å². The van der Waals surface area contributed by atoms with Gasteiger partial charge in [0.25, 0.3) is 0 Å². The Balaban J connectivity index is 1.78. The molecule has 5 nitrogen and oxygen atoms in total. The van der Waals surface area contributed by atoms with Crippen LogP contribution in [0, 0.1) is 12.8 Å². The van der Waals surface area contributed by atoms with Gasteiger partial charge in [0.2, 0.25) is 5.91 Å². The Labute approximate surface area is 154 Å². The van der Waals surface area contributed by atoms with Crippen LogP contribution in [-0.4, -0.2) is 33.5 Å². The van der Waals surface area contributed by atoms with E-state index in [0.717, 1.165) is 35.9 Å². The molecule has 1 heterocycles. The summed E-state index contributed by atoms with van der Waals surface area (Å²) >= 11 is 1.62. The molecule has 6 heteroatoms. The molecule has 0 radical (unpaired) electrons. The van der Waals surface area contributed by atoms with Crippen LogP contribution in [0.3, 0.4) is 0 Å². The van der Waals surface area contributed by atoms with Crippen molar-refractivity contribution in [1.29, 1.82) is 0 Å². The highest BCUT2D eigenvalue weighted by Crippen LogP contribution is 2.16. The third-order valence-corrected chi connectivity index (χ3v) is 4.58. The Morgan fingerprint density at radius 1 is 1.24 bits per heavy atom. The first-order valence-corrected chi connectivity index (χ1v) is 10.0. The number of thioether (sulfide) groups is 1. The van der Waals surface area contributed by atoms with Crippen LogP contribution in [0.1, 0.15) is 37.2 Å². The quantitative estimate of drug-likeness (QED) is 0.551. The van der Waals surface area contributed by atoms with E-state index in [-0.39, 0.29) is 5.91 Å². The molecule has 1 aromatic heterocycles. The fraction of sp³-hybridized carbons (Fsp3) is 0.526. The summed E-state index contributed by atoms with van der Waals surface area (Å²) in [4.78, 5) is 12.0. The van der Waals surface area contributed by atoms with E-state index in [1.165, 1.54) is 5.56 Å². The summed E-state index contributed by atoms with van der Waals surface area (Å²) in [5, 5.41) is 12.5. The van der Waals surface area contributed by atoms with E-state index in [2.05, 4.69) is 33.9 Å². The molecule has 0 spiro atoms. The van der Waals surface area contributed by atoms with Gasteiger partial charge in [0.15, 0.2) is 5.16 Å². The Hall–Kier alpha value is -1.82. The number of rotatable bonds is 9. The molecular weight excluding hydrogens is 332 g/mol. The Kier molecular flexibility index (Phi) is 7.50. The summed E-state index contributed by atoms with van der Waals surface area (Å²) in [6.45, 7) is 8.02. The summed E-state index contributed by atoms with van der Waals surface area (Å²) in [5.74, 6) is 1.62. The summed E-state index contributed by atoms with van der Waals surface area (Å²) in [6, 6.07) is 8.08. The van der Waals surface area contributed by atoms with Crippen molar-refractivity contribution in [2.24, 2.45) is 5.92 Å². The monoisotopic (exact) mass is 360 g/mol. The number of nitrogens with one attached hydrogen (secondary N) is 1. The molecule has 2 rings (SSSR count). The van der Waals surface area contributed by atoms with Gasteiger partial charge in [-0.05, 0) is 31.1 Å². The van der Waals surface area contributed by atoms with Gasteiger partial charge in [0.05, 0.1) is 6.42 Å². The molecule has 1 aromatic carbocycles. The third kappa shape index (κ3) is 6.20. The van der Waals surface area contributed by atoms with Crippen molar-refractivity contribution in [2.75, 3.05) is 12.8 Å². The van der Waals surface area contributed by atoms with E-state index in [0.29, 0.717) is 18.9 Å². The first kappa shape index (κ1) is 19.5. The maximum atomic E-state index is 12.0. The SMILES string of the molecule is CSc1nnc(CCCNC(=O)Cc2ccc(C)cc2)n1CC(C)C. The minimum atomic E-state index is 0.0669.